The van der Waals surface area contributed by atoms with E-state index in [9.17, 15) is 19.9 Å². The number of imidazole rings is 1. The largest absolute Gasteiger partial charge is 0.390 e. The number of aliphatic hydroxyl groups excluding tert-OH is 2. The summed E-state index contributed by atoms with van der Waals surface area (Å²) < 4.78 is 40.7. The fraction of sp³-hybridized carbons (Fsp3) is 0.476. The fourth-order valence-corrected chi connectivity index (χ4v) is 6.79. The van der Waals surface area contributed by atoms with Gasteiger partial charge < -0.3 is 49.7 Å². The molecule has 0 amide bonds. The van der Waals surface area contributed by atoms with Crippen molar-refractivity contribution < 1.29 is 38.0 Å². The lowest BCUT2D eigenvalue weighted by Crippen LogP contribution is -2.32. The van der Waals surface area contributed by atoms with Crippen molar-refractivity contribution in [3.8, 4) is 0 Å². The molecule has 2 aliphatic heterocycles. The van der Waals surface area contributed by atoms with E-state index in [-0.39, 0.29) is 22.9 Å². The number of halogens is 1. The van der Waals surface area contributed by atoms with E-state index in [4.69, 9.17) is 41.8 Å². The molecule has 0 aromatic carbocycles. The first kappa shape index (κ1) is 26.7. The summed E-state index contributed by atoms with van der Waals surface area (Å²) in [6.07, 6.45) is -5.50. The predicted molar refractivity (Wildman–Crippen MR) is 140 cm³/mol. The molecule has 0 spiro atoms. The number of aromatic nitrogens is 7. The van der Waals surface area contributed by atoms with Crippen molar-refractivity contribution in [2.75, 3.05) is 18.1 Å². The van der Waals surface area contributed by atoms with Gasteiger partial charge in [0.25, 0.3) is 5.56 Å². The molecule has 0 radical (unpaired) electrons. The SMILES string of the molecule is Nc1nc2c(ncn2[C@@H]2O[C@@H]3C(O)C3C2OP(O)(=S)OC[C@H]2O[C@@H](n3ccc4c(N)ncnc43)[C@@H](F)[C@@H]2O)c(=O)[nH]1. The van der Waals surface area contributed by atoms with E-state index in [1.54, 1.807) is 6.07 Å². The Morgan fingerprint density at radius 1 is 1.15 bits per heavy atom. The highest BCUT2D eigenvalue weighted by molar-refractivity contribution is 8.07. The van der Waals surface area contributed by atoms with Crippen LogP contribution in [0, 0.1) is 5.92 Å². The van der Waals surface area contributed by atoms with E-state index in [1.807, 2.05) is 0 Å². The number of H-pyrrole nitrogens is 1. The Morgan fingerprint density at radius 2 is 1.95 bits per heavy atom. The molecule has 1 aliphatic carbocycles. The molecule has 10 atom stereocenters. The molecule has 3 aliphatic rings. The Balaban J connectivity index is 1.07. The van der Waals surface area contributed by atoms with E-state index in [0.29, 0.717) is 11.0 Å². The first-order chi connectivity index (χ1) is 19.5. The van der Waals surface area contributed by atoms with E-state index in [0.717, 1.165) is 0 Å². The van der Waals surface area contributed by atoms with Gasteiger partial charge >= 0.3 is 6.72 Å². The third-order valence-electron chi connectivity index (χ3n) is 7.42. The van der Waals surface area contributed by atoms with Crippen LogP contribution >= 0.6 is 6.72 Å². The molecule has 17 nitrogen and oxygen atoms in total. The number of fused-ring (bicyclic) bond motifs is 3. The number of alkyl halides is 1. The zero-order valence-corrected chi connectivity index (χ0v) is 22.4. The van der Waals surface area contributed by atoms with Gasteiger partial charge in [-0.05, 0) is 17.9 Å². The molecule has 3 fully saturated rings. The summed E-state index contributed by atoms with van der Waals surface area (Å²) in [4.78, 5) is 41.6. The number of aromatic amines is 1. The average Bonchev–Trinajstić information content (AvgIpc) is 3.40. The molecule has 8 N–H and O–H groups in total. The molecular formula is C21H23FN9O8PS. The highest BCUT2D eigenvalue weighted by Gasteiger charge is 2.66. The second-order valence-corrected chi connectivity index (χ2v) is 12.7. The molecule has 1 saturated carbocycles. The summed E-state index contributed by atoms with van der Waals surface area (Å²) >= 11 is 5.20. The molecule has 0 bridgehead atoms. The van der Waals surface area contributed by atoms with Gasteiger partial charge in [-0.15, -0.1) is 0 Å². The van der Waals surface area contributed by atoms with Gasteiger partial charge in [-0.3, -0.25) is 14.3 Å². The Hall–Kier alpha value is -3.13. The zero-order valence-electron chi connectivity index (χ0n) is 20.7. The molecule has 4 unspecified atom stereocenters. The van der Waals surface area contributed by atoms with Crippen molar-refractivity contribution >= 4 is 52.5 Å². The molecule has 4 aromatic heterocycles. The number of nitrogens with two attached hydrogens (primary N) is 2. The van der Waals surface area contributed by atoms with Crippen molar-refractivity contribution in [2.24, 2.45) is 5.92 Å². The smallest absolute Gasteiger partial charge is 0.325 e. The summed E-state index contributed by atoms with van der Waals surface area (Å²) in [5.41, 5.74) is 11.4. The van der Waals surface area contributed by atoms with E-state index in [2.05, 4.69) is 24.9 Å². The Kier molecular flexibility index (Phi) is 6.16. The van der Waals surface area contributed by atoms with Crippen LogP contribution in [-0.4, -0.2) is 92.5 Å². The second kappa shape index (κ2) is 9.45. The topological polar surface area (TPSA) is 244 Å². The van der Waals surface area contributed by atoms with Gasteiger partial charge in [0.2, 0.25) is 5.95 Å². The maximum absolute atomic E-state index is 15.1. The van der Waals surface area contributed by atoms with Crippen molar-refractivity contribution in [3.63, 3.8) is 0 Å². The van der Waals surface area contributed by atoms with Crippen LogP contribution in [-0.2, 0) is 30.3 Å². The number of hydrogen-bond donors (Lipinski definition) is 6. The van der Waals surface area contributed by atoms with Crippen LogP contribution in [0.2, 0.25) is 0 Å². The van der Waals surface area contributed by atoms with Crippen LogP contribution < -0.4 is 17.0 Å². The summed E-state index contributed by atoms with van der Waals surface area (Å²) in [5, 5.41) is 21.2. The van der Waals surface area contributed by atoms with Gasteiger partial charge in [0.15, 0.2) is 29.8 Å². The average molecular weight is 612 g/mol. The first-order valence-electron chi connectivity index (χ1n) is 12.3. The second-order valence-electron chi connectivity index (χ2n) is 9.89. The van der Waals surface area contributed by atoms with Crippen LogP contribution in [0.25, 0.3) is 22.2 Å². The third-order valence-corrected chi connectivity index (χ3v) is 8.98. The van der Waals surface area contributed by atoms with Gasteiger partial charge in [-0.2, -0.15) is 4.98 Å². The lowest BCUT2D eigenvalue weighted by Gasteiger charge is -2.28. The minimum Gasteiger partial charge on any atom is -0.390 e. The molecule has 2 saturated heterocycles. The monoisotopic (exact) mass is 611 g/mol. The number of anilines is 2. The normalized spacial score (nSPS) is 34.3. The number of nitrogen functional groups attached to an aromatic ring is 2. The van der Waals surface area contributed by atoms with Crippen LogP contribution in [0.4, 0.5) is 16.2 Å². The number of nitrogens with one attached hydrogen (secondary N) is 1. The fourth-order valence-electron chi connectivity index (χ4n) is 5.36. The number of nitrogens with zero attached hydrogens (tertiary/aromatic N) is 6. The van der Waals surface area contributed by atoms with Crippen molar-refractivity contribution in [2.45, 2.75) is 49.1 Å². The van der Waals surface area contributed by atoms with Crippen LogP contribution in [0.15, 0.2) is 29.7 Å². The summed E-state index contributed by atoms with van der Waals surface area (Å²) in [6.45, 7) is -4.60. The van der Waals surface area contributed by atoms with Crippen LogP contribution in [0.5, 0.6) is 0 Å². The standard InChI is InChI=1S/C21H23FN9O8PS/c22-9-11(32)7(37-19(9)30-2-1-6-15(23)25-4-26-16(6)30)3-36-40(35,41)39-14-8-12(33)13(8)38-20(14)31-5-27-10-17(31)28-21(24)29-18(10)34/h1-2,4-5,7-9,11-14,19-20,32-33H,3H2,(H,35,41)(H2,23,25,26)(H3,24,28,29,34)/t7-,8?,9+,11-,12?,13+,14?,19-,20-,40?/m1/s1. The predicted octanol–water partition coefficient (Wildman–Crippen LogP) is -1.17. The number of ether oxygens (including phenoxy) is 2. The number of hydrogen-bond acceptors (Lipinski definition) is 14. The minimum atomic E-state index is -4.08. The van der Waals surface area contributed by atoms with Crippen molar-refractivity contribution in [1.82, 2.24) is 34.1 Å². The molecule has 7 rings (SSSR count). The van der Waals surface area contributed by atoms with Crippen molar-refractivity contribution in [1.29, 1.82) is 0 Å². The van der Waals surface area contributed by atoms with Gasteiger partial charge in [0.05, 0.1) is 30.5 Å². The van der Waals surface area contributed by atoms with Crippen LogP contribution in [0.3, 0.4) is 0 Å². The summed E-state index contributed by atoms with van der Waals surface area (Å²) in [7, 11) is 0. The van der Waals surface area contributed by atoms with Gasteiger partial charge in [-0.25, -0.2) is 19.3 Å². The molecule has 6 heterocycles. The Morgan fingerprint density at radius 3 is 2.76 bits per heavy atom. The van der Waals surface area contributed by atoms with E-state index in [1.165, 1.54) is 28.0 Å². The van der Waals surface area contributed by atoms with Gasteiger partial charge in [0.1, 0.15) is 36.1 Å². The summed E-state index contributed by atoms with van der Waals surface area (Å²) in [5.74, 6) is -0.518. The zero-order chi connectivity index (χ0) is 28.8. The first-order valence-corrected chi connectivity index (χ1v) is 14.9. The lowest BCUT2D eigenvalue weighted by atomic mass is 10.1. The number of aliphatic hydroxyl groups is 2. The molecule has 41 heavy (non-hydrogen) atoms. The molecule has 20 heteroatoms. The Labute approximate surface area is 233 Å². The number of rotatable bonds is 7. The summed E-state index contributed by atoms with van der Waals surface area (Å²) in [6, 6.07) is 1.60. The quantitative estimate of drug-likeness (QED) is 0.135. The third kappa shape index (κ3) is 4.32. The van der Waals surface area contributed by atoms with E-state index < -0.39 is 73.9 Å². The highest BCUT2D eigenvalue weighted by Crippen LogP contribution is 2.58. The van der Waals surface area contributed by atoms with E-state index >= 15 is 4.39 Å². The molecule has 218 valence electrons. The molecule has 4 aromatic rings. The van der Waals surface area contributed by atoms with Crippen LogP contribution in [0.1, 0.15) is 12.5 Å². The molecular weight excluding hydrogens is 588 g/mol. The van der Waals surface area contributed by atoms with Gasteiger partial charge in [-0.1, -0.05) is 0 Å². The maximum atomic E-state index is 15.1. The lowest BCUT2D eigenvalue weighted by molar-refractivity contribution is -0.0687. The minimum absolute atomic E-state index is 0.00493. The van der Waals surface area contributed by atoms with Crippen molar-refractivity contribution in [3.05, 3.63) is 35.3 Å². The van der Waals surface area contributed by atoms with Gasteiger partial charge in [0, 0.05) is 12.1 Å². The Bertz CT molecular complexity index is 1770. The maximum Gasteiger partial charge on any atom is 0.325 e. The highest BCUT2D eigenvalue weighted by atomic mass is 32.5.